The van der Waals surface area contributed by atoms with Gasteiger partial charge in [-0.15, -0.1) is 0 Å². The third-order valence-electron chi connectivity index (χ3n) is 5.22. The Morgan fingerprint density at radius 2 is 1.97 bits per heavy atom. The fraction of sp³-hybridized carbons (Fsp3) is 0.318. The summed E-state index contributed by atoms with van der Waals surface area (Å²) in [4.78, 5) is 21.3. The molecule has 1 saturated heterocycles. The van der Waals surface area contributed by atoms with E-state index in [4.69, 9.17) is 9.26 Å². The van der Waals surface area contributed by atoms with Gasteiger partial charge in [0.05, 0.1) is 11.3 Å². The second-order valence-electron chi connectivity index (χ2n) is 7.32. The number of nitrogens with zero attached hydrogens (tertiary/aromatic N) is 4. The summed E-state index contributed by atoms with van der Waals surface area (Å²) >= 11 is 0. The van der Waals surface area contributed by atoms with Crippen molar-refractivity contribution in [3.8, 4) is 5.75 Å². The van der Waals surface area contributed by atoms with Gasteiger partial charge in [-0.1, -0.05) is 11.2 Å². The Morgan fingerprint density at radius 1 is 1.16 bits per heavy atom. The maximum atomic E-state index is 13.8. The van der Waals surface area contributed by atoms with Crippen LogP contribution in [0, 0.1) is 18.6 Å². The fourth-order valence-electron chi connectivity index (χ4n) is 3.45. The number of piperazine rings is 1. The van der Waals surface area contributed by atoms with Crippen molar-refractivity contribution in [3.63, 3.8) is 0 Å². The maximum Gasteiger partial charge on any atom is 0.276 e. The summed E-state index contributed by atoms with van der Waals surface area (Å²) in [5, 5.41) is 3.90. The minimum absolute atomic E-state index is 0.108. The summed E-state index contributed by atoms with van der Waals surface area (Å²) in [6, 6.07) is 8.87. The quantitative estimate of drug-likeness (QED) is 0.601. The highest BCUT2D eigenvalue weighted by Crippen LogP contribution is 2.22. The highest BCUT2D eigenvalue weighted by atomic mass is 19.1. The minimum atomic E-state index is -0.814. The van der Waals surface area contributed by atoms with Gasteiger partial charge in [0, 0.05) is 45.0 Å². The average Bonchev–Trinajstić information content (AvgIpc) is 3.14. The van der Waals surface area contributed by atoms with E-state index in [0.29, 0.717) is 37.5 Å². The lowest BCUT2D eigenvalue weighted by Crippen LogP contribution is -2.48. The van der Waals surface area contributed by atoms with Crippen LogP contribution in [0.25, 0.3) is 0 Å². The van der Waals surface area contributed by atoms with E-state index in [0.717, 1.165) is 24.4 Å². The highest BCUT2D eigenvalue weighted by Gasteiger charge is 2.28. The van der Waals surface area contributed by atoms with Gasteiger partial charge >= 0.3 is 0 Å². The van der Waals surface area contributed by atoms with E-state index in [1.54, 1.807) is 18.0 Å². The number of benzene rings is 1. The van der Waals surface area contributed by atoms with Crippen molar-refractivity contribution in [2.75, 3.05) is 26.2 Å². The zero-order valence-electron chi connectivity index (χ0n) is 17.1. The lowest BCUT2D eigenvalue weighted by molar-refractivity contribution is 0.0615. The van der Waals surface area contributed by atoms with Crippen molar-refractivity contribution in [2.45, 2.75) is 20.1 Å². The molecule has 0 saturated carbocycles. The predicted octanol–water partition coefficient (Wildman–Crippen LogP) is 3.19. The van der Waals surface area contributed by atoms with Crippen LogP contribution in [-0.4, -0.2) is 52.0 Å². The molecule has 0 spiro atoms. The molecule has 0 radical (unpaired) electrons. The molecule has 0 aliphatic carbocycles. The second kappa shape index (κ2) is 9.22. The molecule has 9 heteroatoms. The molecule has 31 heavy (non-hydrogen) atoms. The second-order valence-corrected chi connectivity index (χ2v) is 7.32. The zero-order valence-corrected chi connectivity index (χ0v) is 17.1. The number of ether oxygens (including phenoxy) is 1. The van der Waals surface area contributed by atoms with E-state index in [1.807, 2.05) is 18.2 Å². The number of carbonyl (C=O) groups excluding carboxylic acids is 1. The summed E-state index contributed by atoms with van der Waals surface area (Å²) in [6.07, 6.45) is 1.77. The van der Waals surface area contributed by atoms with Crippen LogP contribution in [0.1, 0.15) is 27.5 Å². The first-order chi connectivity index (χ1) is 15.0. The Morgan fingerprint density at radius 3 is 2.68 bits per heavy atom. The van der Waals surface area contributed by atoms with Crippen LogP contribution in [0.2, 0.25) is 0 Å². The normalized spacial score (nSPS) is 14.6. The Kier molecular flexibility index (Phi) is 6.22. The van der Waals surface area contributed by atoms with Crippen molar-refractivity contribution in [1.29, 1.82) is 0 Å². The molecular formula is C22H22F2N4O3. The van der Waals surface area contributed by atoms with Crippen molar-refractivity contribution < 1.29 is 22.8 Å². The first kappa shape index (κ1) is 20.9. The van der Waals surface area contributed by atoms with Crippen LogP contribution in [0.15, 0.2) is 47.1 Å². The SMILES string of the molecule is Cc1onc(C(=O)N2CCN(Cc3ccccn3)CC2)c1COc1ccc(F)cc1F. The number of amides is 1. The number of aromatic nitrogens is 2. The van der Waals surface area contributed by atoms with Gasteiger partial charge in [-0.2, -0.15) is 0 Å². The van der Waals surface area contributed by atoms with Gasteiger partial charge in [-0.05, 0) is 31.2 Å². The molecule has 0 N–H and O–H groups in total. The molecule has 162 valence electrons. The van der Waals surface area contributed by atoms with Crippen LogP contribution in [0.5, 0.6) is 5.75 Å². The summed E-state index contributed by atoms with van der Waals surface area (Å²) in [5.74, 6) is -1.45. The zero-order chi connectivity index (χ0) is 21.8. The van der Waals surface area contributed by atoms with Crippen LogP contribution >= 0.6 is 0 Å². The number of rotatable bonds is 6. The first-order valence-corrected chi connectivity index (χ1v) is 9.96. The molecule has 1 aliphatic heterocycles. The Labute approximate surface area is 178 Å². The highest BCUT2D eigenvalue weighted by molar-refractivity contribution is 5.93. The van der Waals surface area contributed by atoms with Gasteiger partial charge < -0.3 is 14.2 Å². The number of carbonyl (C=O) groups is 1. The Bertz CT molecular complexity index is 1050. The summed E-state index contributed by atoms with van der Waals surface area (Å²) < 4.78 is 37.6. The van der Waals surface area contributed by atoms with E-state index in [2.05, 4.69) is 15.0 Å². The number of aryl methyl sites for hydroxylation is 1. The lowest BCUT2D eigenvalue weighted by atomic mass is 10.1. The van der Waals surface area contributed by atoms with Gasteiger partial charge in [0.15, 0.2) is 17.3 Å². The van der Waals surface area contributed by atoms with E-state index in [1.165, 1.54) is 6.07 Å². The summed E-state index contributed by atoms with van der Waals surface area (Å²) in [6.45, 7) is 4.80. The van der Waals surface area contributed by atoms with Crippen molar-refractivity contribution in [3.05, 3.63) is 76.9 Å². The number of hydrogen-bond acceptors (Lipinski definition) is 6. The molecule has 1 amide bonds. The molecule has 1 aromatic carbocycles. The van der Waals surface area contributed by atoms with Crippen LogP contribution in [0.3, 0.4) is 0 Å². The van der Waals surface area contributed by atoms with Crippen molar-refractivity contribution in [1.82, 2.24) is 19.9 Å². The number of pyridine rings is 1. The Balaban J connectivity index is 1.38. The molecule has 7 nitrogen and oxygen atoms in total. The number of halogens is 2. The first-order valence-electron chi connectivity index (χ1n) is 9.96. The Hall–Kier alpha value is -3.33. The van der Waals surface area contributed by atoms with Crippen molar-refractivity contribution in [2.24, 2.45) is 0 Å². The van der Waals surface area contributed by atoms with E-state index >= 15 is 0 Å². The van der Waals surface area contributed by atoms with Crippen LogP contribution < -0.4 is 4.74 Å². The molecule has 3 aromatic rings. The molecular weight excluding hydrogens is 406 g/mol. The number of hydrogen-bond donors (Lipinski definition) is 0. The minimum Gasteiger partial charge on any atom is -0.486 e. The molecule has 1 fully saturated rings. The molecule has 4 rings (SSSR count). The third kappa shape index (κ3) is 4.88. The largest absolute Gasteiger partial charge is 0.486 e. The van der Waals surface area contributed by atoms with Gasteiger partial charge in [-0.25, -0.2) is 8.78 Å². The van der Waals surface area contributed by atoms with Gasteiger partial charge in [0.25, 0.3) is 5.91 Å². The van der Waals surface area contributed by atoms with Crippen LogP contribution in [-0.2, 0) is 13.2 Å². The van der Waals surface area contributed by atoms with Crippen molar-refractivity contribution >= 4 is 5.91 Å². The van der Waals surface area contributed by atoms with E-state index in [-0.39, 0.29) is 24.0 Å². The predicted molar refractivity (Wildman–Crippen MR) is 107 cm³/mol. The molecule has 2 aromatic heterocycles. The monoisotopic (exact) mass is 428 g/mol. The summed E-state index contributed by atoms with van der Waals surface area (Å²) in [5.41, 5.74) is 1.59. The van der Waals surface area contributed by atoms with E-state index in [9.17, 15) is 13.6 Å². The standard InChI is InChI=1S/C22H22F2N4O3/c1-15-18(14-30-20-6-5-16(23)12-19(20)24)21(26-31-15)22(29)28-10-8-27(9-11-28)13-17-4-2-3-7-25-17/h2-7,12H,8-11,13-14H2,1H3. The average molecular weight is 428 g/mol. The molecule has 0 atom stereocenters. The van der Waals surface area contributed by atoms with E-state index < -0.39 is 11.6 Å². The molecule has 0 unspecified atom stereocenters. The third-order valence-corrected chi connectivity index (χ3v) is 5.22. The molecule has 1 aliphatic rings. The molecule has 3 heterocycles. The lowest BCUT2D eigenvalue weighted by Gasteiger charge is -2.34. The summed E-state index contributed by atoms with van der Waals surface area (Å²) in [7, 11) is 0. The van der Waals surface area contributed by atoms with Gasteiger partial charge in [-0.3, -0.25) is 14.7 Å². The molecule has 0 bridgehead atoms. The topological polar surface area (TPSA) is 71.7 Å². The fourth-order valence-corrected chi connectivity index (χ4v) is 3.45. The smallest absolute Gasteiger partial charge is 0.276 e. The maximum absolute atomic E-state index is 13.8. The van der Waals surface area contributed by atoms with Gasteiger partial charge in [0.1, 0.15) is 18.2 Å². The van der Waals surface area contributed by atoms with Gasteiger partial charge in [0.2, 0.25) is 0 Å². The van der Waals surface area contributed by atoms with Crippen LogP contribution in [0.4, 0.5) is 8.78 Å².